The van der Waals surface area contributed by atoms with E-state index in [1.807, 2.05) is 39.8 Å². The number of aryl methyl sites for hydroxylation is 2. The molecule has 2 rings (SSSR count). The Morgan fingerprint density at radius 3 is 2.58 bits per heavy atom. The van der Waals surface area contributed by atoms with Crippen LogP contribution in [0.2, 0.25) is 5.15 Å². The van der Waals surface area contributed by atoms with E-state index in [4.69, 9.17) is 16.3 Å². The van der Waals surface area contributed by atoms with Gasteiger partial charge >= 0.3 is 0 Å². The molecule has 1 atom stereocenters. The first-order chi connectivity index (χ1) is 11.3. The largest absolute Gasteiger partial charge is 0.380 e. The first kappa shape index (κ1) is 19.0. The summed E-state index contributed by atoms with van der Waals surface area (Å²) in [6.45, 7) is 8.81. The second-order valence-electron chi connectivity index (χ2n) is 5.67. The maximum Gasteiger partial charge on any atom is 0.294 e. The predicted molar refractivity (Wildman–Crippen MR) is 102 cm³/mol. The number of hydrogen-bond acceptors (Lipinski definition) is 4. The molecule has 0 saturated carbocycles. The van der Waals surface area contributed by atoms with Crippen LogP contribution in [0.25, 0.3) is 0 Å². The molecule has 5 nitrogen and oxygen atoms in total. The van der Waals surface area contributed by atoms with E-state index in [2.05, 4.69) is 26.2 Å². The van der Waals surface area contributed by atoms with Crippen LogP contribution < -0.4 is 10.9 Å². The fourth-order valence-electron chi connectivity index (χ4n) is 2.48. The molecule has 0 aliphatic heterocycles. The molecule has 0 aliphatic rings. The number of benzene rings is 1. The molecular weight excluding hydrogens is 394 g/mol. The maximum absolute atomic E-state index is 12.7. The van der Waals surface area contributed by atoms with Crippen LogP contribution in [0.15, 0.2) is 27.6 Å². The van der Waals surface area contributed by atoms with Gasteiger partial charge in [-0.2, -0.15) is 0 Å². The highest BCUT2D eigenvalue weighted by atomic mass is 79.9. The Kier molecular flexibility index (Phi) is 6.43. The summed E-state index contributed by atoms with van der Waals surface area (Å²) in [5.41, 5.74) is 2.65. The molecule has 130 valence electrons. The van der Waals surface area contributed by atoms with E-state index in [1.54, 1.807) is 10.8 Å². The van der Waals surface area contributed by atoms with Gasteiger partial charge in [-0.3, -0.25) is 4.79 Å². The molecule has 1 heterocycles. The molecule has 0 bridgehead atoms. The lowest BCUT2D eigenvalue weighted by molar-refractivity contribution is 0.118. The van der Waals surface area contributed by atoms with Crippen molar-refractivity contribution in [3.63, 3.8) is 0 Å². The van der Waals surface area contributed by atoms with E-state index in [1.165, 1.54) is 0 Å². The predicted octanol–water partition coefficient (Wildman–Crippen LogP) is 4.62. The molecule has 7 heteroatoms. The lowest BCUT2D eigenvalue weighted by atomic mass is 10.1. The van der Waals surface area contributed by atoms with Gasteiger partial charge in [-0.05, 0) is 51.0 Å². The third-order valence-electron chi connectivity index (χ3n) is 3.68. The van der Waals surface area contributed by atoms with E-state index >= 15 is 0 Å². The van der Waals surface area contributed by atoms with Gasteiger partial charge in [-0.25, -0.2) is 4.98 Å². The smallest absolute Gasteiger partial charge is 0.294 e. The second kappa shape index (κ2) is 8.14. The van der Waals surface area contributed by atoms with Crippen LogP contribution in [0.5, 0.6) is 0 Å². The molecule has 1 aromatic carbocycles. The summed E-state index contributed by atoms with van der Waals surface area (Å²) in [5.74, 6) is 0.208. The standard InChI is InChI=1S/C17H21BrClN3O2/c1-5-24-9-12(4)22-8-14(19)20-16(17(22)23)21-15-10(2)6-13(18)7-11(15)3/h6-8,12H,5,9H2,1-4H3,(H,20,21). The van der Waals surface area contributed by atoms with Crippen molar-refractivity contribution in [2.45, 2.75) is 33.7 Å². The molecule has 2 aromatic rings. The average molecular weight is 415 g/mol. The molecule has 0 aliphatic carbocycles. The van der Waals surface area contributed by atoms with Crippen LogP contribution >= 0.6 is 27.5 Å². The minimum Gasteiger partial charge on any atom is -0.380 e. The van der Waals surface area contributed by atoms with Gasteiger partial charge in [0.05, 0.1) is 12.6 Å². The van der Waals surface area contributed by atoms with Gasteiger partial charge in [0.1, 0.15) is 5.15 Å². The van der Waals surface area contributed by atoms with Crippen molar-refractivity contribution in [1.82, 2.24) is 9.55 Å². The Morgan fingerprint density at radius 1 is 1.38 bits per heavy atom. The lowest BCUT2D eigenvalue weighted by Crippen LogP contribution is -2.28. The zero-order valence-corrected chi connectivity index (χ0v) is 16.5. The van der Waals surface area contributed by atoms with Gasteiger partial charge < -0.3 is 14.6 Å². The number of ether oxygens (including phenoxy) is 1. The summed E-state index contributed by atoms with van der Waals surface area (Å²) in [6.07, 6.45) is 1.54. The van der Waals surface area contributed by atoms with Crippen molar-refractivity contribution in [1.29, 1.82) is 0 Å². The molecule has 1 aromatic heterocycles. The number of halogens is 2. The Hall–Kier alpha value is -1.37. The second-order valence-corrected chi connectivity index (χ2v) is 6.98. The first-order valence-corrected chi connectivity index (χ1v) is 8.90. The molecule has 1 unspecified atom stereocenters. The van der Waals surface area contributed by atoms with Gasteiger partial charge in [0.25, 0.3) is 5.56 Å². The topological polar surface area (TPSA) is 56.1 Å². The van der Waals surface area contributed by atoms with E-state index in [9.17, 15) is 4.79 Å². The number of nitrogens with one attached hydrogen (secondary N) is 1. The van der Waals surface area contributed by atoms with Gasteiger partial charge in [-0.15, -0.1) is 0 Å². The van der Waals surface area contributed by atoms with Crippen LogP contribution in [0.1, 0.15) is 31.0 Å². The monoisotopic (exact) mass is 413 g/mol. The van der Waals surface area contributed by atoms with Crippen molar-refractivity contribution in [2.75, 3.05) is 18.5 Å². The minimum absolute atomic E-state index is 0.134. The quantitative estimate of drug-likeness (QED) is 0.749. The van der Waals surface area contributed by atoms with Crippen LogP contribution in [-0.4, -0.2) is 22.8 Å². The number of aromatic nitrogens is 2. The van der Waals surface area contributed by atoms with Crippen molar-refractivity contribution in [3.05, 3.63) is 49.4 Å². The number of anilines is 2. The third kappa shape index (κ3) is 4.37. The molecule has 0 radical (unpaired) electrons. The summed E-state index contributed by atoms with van der Waals surface area (Å²) in [7, 11) is 0. The van der Waals surface area contributed by atoms with E-state index < -0.39 is 0 Å². The molecule has 0 spiro atoms. The number of nitrogens with zero attached hydrogens (tertiary/aromatic N) is 2. The van der Waals surface area contributed by atoms with Crippen LogP contribution in [0.3, 0.4) is 0 Å². The van der Waals surface area contributed by atoms with E-state index in [0.717, 1.165) is 21.3 Å². The Bertz CT molecular complexity index is 769. The molecule has 1 N–H and O–H groups in total. The van der Waals surface area contributed by atoms with E-state index in [0.29, 0.717) is 13.2 Å². The maximum atomic E-state index is 12.7. The third-order valence-corrected chi connectivity index (χ3v) is 4.32. The van der Waals surface area contributed by atoms with Crippen LogP contribution in [0.4, 0.5) is 11.5 Å². The van der Waals surface area contributed by atoms with Gasteiger partial charge in [0.15, 0.2) is 5.82 Å². The SMILES string of the molecule is CCOCC(C)n1cc(Cl)nc(Nc2c(C)cc(Br)cc2C)c1=O. The highest BCUT2D eigenvalue weighted by Gasteiger charge is 2.15. The summed E-state index contributed by atoms with van der Waals surface area (Å²) < 4.78 is 7.95. The molecule has 0 amide bonds. The number of rotatable bonds is 6. The summed E-state index contributed by atoms with van der Waals surface area (Å²) in [6, 6.07) is 3.83. The Morgan fingerprint density at radius 2 is 2.00 bits per heavy atom. The van der Waals surface area contributed by atoms with Crippen molar-refractivity contribution < 1.29 is 4.74 Å². The normalized spacial score (nSPS) is 12.2. The van der Waals surface area contributed by atoms with Crippen LogP contribution in [-0.2, 0) is 4.74 Å². The summed E-state index contributed by atoms with van der Waals surface area (Å²) in [4.78, 5) is 16.9. The first-order valence-electron chi connectivity index (χ1n) is 7.73. The lowest BCUT2D eigenvalue weighted by Gasteiger charge is -2.18. The fourth-order valence-corrected chi connectivity index (χ4v) is 3.36. The summed E-state index contributed by atoms with van der Waals surface area (Å²) >= 11 is 9.58. The van der Waals surface area contributed by atoms with Gasteiger partial charge in [0, 0.05) is 23.0 Å². The van der Waals surface area contributed by atoms with Crippen LogP contribution in [0, 0.1) is 13.8 Å². The van der Waals surface area contributed by atoms with Crippen molar-refractivity contribution in [2.24, 2.45) is 0 Å². The number of hydrogen-bond donors (Lipinski definition) is 1. The van der Waals surface area contributed by atoms with E-state index in [-0.39, 0.29) is 22.6 Å². The van der Waals surface area contributed by atoms with Crippen molar-refractivity contribution in [3.8, 4) is 0 Å². The molecular formula is C17H21BrClN3O2. The minimum atomic E-state index is -0.228. The fraction of sp³-hybridized carbons (Fsp3) is 0.412. The zero-order valence-electron chi connectivity index (χ0n) is 14.2. The Labute approximate surface area is 155 Å². The van der Waals surface area contributed by atoms with Gasteiger partial charge in [0.2, 0.25) is 0 Å². The molecule has 24 heavy (non-hydrogen) atoms. The highest BCUT2D eigenvalue weighted by molar-refractivity contribution is 9.10. The van der Waals surface area contributed by atoms with Gasteiger partial charge in [-0.1, -0.05) is 27.5 Å². The Balaban J connectivity index is 2.42. The van der Waals surface area contributed by atoms with Crippen molar-refractivity contribution >= 4 is 39.0 Å². The average Bonchev–Trinajstić information content (AvgIpc) is 2.51. The zero-order chi connectivity index (χ0) is 17.9. The molecule has 0 fully saturated rings. The highest BCUT2D eigenvalue weighted by Crippen LogP contribution is 2.27. The molecule has 0 saturated heterocycles. The summed E-state index contributed by atoms with van der Waals surface area (Å²) in [5, 5.41) is 3.39.